The minimum absolute atomic E-state index is 0.145. The highest BCUT2D eigenvalue weighted by atomic mass is 32.2. The van der Waals surface area contributed by atoms with Gasteiger partial charge in [-0.25, -0.2) is 8.42 Å². The first-order chi connectivity index (χ1) is 15.1. The van der Waals surface area contributed by atoms with Gasteiger partial charge in [-0.1, -0.05) is 12.1 Å². The zero-order valence-electron chi connectivity index (χ0n) is 17.5. The van der Waals surface area contributed by atoms with Crippen molar-refractivity contribution in [1.82, 2.24) is 4.31 Å². The van der Waals surface area contributed by atoms with Crippen molar-refractivity contribution in [2.75, 3.05) is 19.7 Å². The highest BCUT2D eigenvalue weighted by Crippen LogP contribution is 2.30. The van der Waals surface area contributed by atoms with E-state index in [2.05, 4.69) is 0 Å². The highest BCUT2D eigenvalue weighted by molar-refractivity contribution is 7.89. The van der Waals surface area contributed by atoms with E-state index in [0.29, 0.717) is 12.4 Å². The summed E-state index contributed by atoms with van der Waals surface area (Å²) in [5, 5.41) is 0. The summed E-state index contributed by atoms with van der Waals surface area (Å²) in [5.41, 5.74) is -0.567. The van der Waals surface area contributed by atoms with Gasteiger partial charge >= 0.3 is 12.1 Å². The van der Waals surface area contributed by atoms with Gasteiger partial charge in [-0.2, -0.15) is 17.5 Å². The molecule has 2 aromatic carbocycles. The molecule has 1 saturated heterocycles. The van der Waals surface area contributed by atoms with Crippen molar-refractivity contribution in [2.24, 2.45) is 5.92 Å². The molecular formula is C22H24F3NO5S. The third kappa shape index (κ3) is 5.80. The number of esters is 1. The fourth-order valence-electron chi connectivity index (χ4n) is 3.47. The van der Waals surface area contributed by atoms with Crippen LogP contribution in [0.3, 0.4) is 0 Å². The van der Waals surface area contributed by atoms with Crippen LogP contribution in [0.5, 0.6) is 5.75 Å². The van der Waals surface area contributed by atoms with Gasteiger partial charge in [0, 0.05) is 13.1 Å². The summed E-state index contributed by atoms with van der Waals surface area (Å²) in [6.45, 7) is 2.34. The number of rotatable bonds is 7. The molecule has 10 heteroatoms. The molecule has 0 bridgehead atoms. The van der Waals surface area contributed by atoms with Crippen LogP contribution in [-0.4, -0.2) is 38.4 Å². The summed E-state index contributed by atoms with van der Waals surface area (Å²) < 4.78 is 75.9. The van der Waals surface area contributed by atoms with Gasteiger partial charge in [-0.05, 0) is 61.7 Å². The lowest BCUT2D eigenvalue weighted by Gasteiger charge is -2.30. The molecule has 0 radical (unpaired) electrons. The number of hydrogen-bond acceptors (Lipinski definition) is 5. The van der Waals surface area contributed by atoms with Gasteiger partial charge in [0.2, 0.25) is 10.0 Å². The molecule has 32 heavy (non-hydrogen) atoms. The predicted molar refractivity (Wildman–Crippen MR) is 110 cm³/mol. The number of hydrogen-bond donors (Lipinski definition) is 0. The lowest BCUT2D eigenvalue weighted by atomic mass is 9.98. The van der Waals surface area contributed by atoms with Crippen LogP contribution < -0.4 is 4.74 Å². The SMILES string of the molecule is CCOc1ccc(S(=O)(=O)N2CCC(C(=O)OCc3cccc(C(F)(F)F)c3)CC2)cc1. The third-order valence-electron chi connectivity index (χ3n) is 5.20. The number of benzene rings is 2. The molecule has 0 aliphatic carbocycles. The van der Waals surface area contributed by atoms with Gasteiger partial charge in [0.25, 0.3) is 0 Å². The summed E-state index contributed by atoms with van der Waals surface area (Å²) in [7, 11) is -3.70. The van der Waals surface area contributed by atoms with Crippen molar-refractivity contribution in [3.8, 4) is 5.75 Å². The Morgan fingerprint density at radius 1 is 1.09 bits per heavy atom. The van der Waals surface area contributed by atoms with Crippen LogP contribution in [0.4, 0.5) is 13.2 Å². The average Bonchev–Trinajstić information content (AvgIpc) is 2.78. The molecule has 0 saturated carbocycles. The van der Waals surface area contributed by atoms with Gasteiger partial charge in [-0.3, -0.25) is 4.79 Å². The predicted octanol–water partition coefficient (Wildman–Crippen LogP) is 4.25. The molecule has 3 rings (SSSR count). The summed E-state index contributed by atoms with van der Waals surface area (Å²) in [6, 6.07) is 10.8. The number of nitrogens with zero attached hydrogens (tertiary/aromatic N) is 1. The maximum absolute atomic E-state index is 12.8. The lowest BCUT2D eigenvalue weighted by molar-refractivity contribution is -0.151. The van der Waals surface area contributed by atoms with Gasteiger partial charge in [0.1, 0.15) is 12.4 Å². The molecule has 1 aliphatic rings. The standard InChI is InChI=1S/C22H24F3NO5S/c1-2-30-19-6-8-20(9-7-19)32(28,29)26-12-10-17(11-13-26)21(27)31-15-16-4-3-5-18(14-16)22(23,24)25/h3-9,14,17H,2,10-13,15H2,1H3. The normalized spacial score (nSPS) is 16.0. The Morgan fingerprint density at radius 2 is 1.75 bits per heavy atom. The number of halogens is 3. The van der Waals surface area contributed by atoms with E-state index in [1.165, 1.54) is 28.6 Å². The number of piperidine rings is 1. The Kier molecular flexibility index (Phi) is 7.45. The minimum Gasteiger partial charge on any atom is -0.494 e. The summed E-state index contributed by atoms with van der Waals surface area (Å²) in [5.74, 6) is -0.471. The summed E-state index contributed by atoms with van der Waals surface area (Å²) in [6.07, 6.45) is -3.92. The van der Waals surface area contributed by atoms with Crippen LogP contribution in [0.25, 0.3) is 0 Å². The van der Waals surface area contributed by atoms with Crippen LogP contribution in [0.15, 0.2) is 53.4 Å². The maximum atomic E-state index is 12.8. The van der Waals surface area contributed by atoms with Gasteiger partial charge in [-0.15, -0.1) is 0 Å². The van der Waals surface area contributed by atoms with E-state index < -0.39 is 33.7 Å². The molecule has 2 aromatic rings. The van der Waals surface area contributed by atoms with Crippen molar-refractivity contribution in [3.63, 3.8) is 0 Å². The average molecular weight is 471 g/mol. The van der Waals surface area contributed by atoms with Crippen molar-refractivity contribution < 1.29 is 35.9 Å². The summed E-state index contributed by atoms with van der Waals surface area (Å²) >= 11 is 0. The topological polar surface area (TPSA) is 72.9 Å². The molecule has 1 fully saturated rings. The highest BCUT2D eigenvalue weighted by Gasteiger charge is 2.33. The fraction of sp³-hybridized carbons (Fsp3) is 0.409. The van der Waals surface area contributed by atoms with Crippen molar-refractivity contribution >= 4 is 16.0 Å². The number of carbonyl (C=O) groups excluding carboxylic acids is 1. The molecule has 0 unspecified atom stereocenters. The Morgan fingerprint density at radius 3 is 2.34 bits per heavy atom. The van der Waals surface area contributed by atoms with E-state index in [9.17, 15) is 26.4 Å². The first-order valence-corrected chi connectivity index (χ1v) is 11.6. The zero-order chi connectivity index (χ0) is 23.4. The second-order valence-corrected chi connectivity index (χ2v) is 9.33. The van der Waals surface area contributed by atoms with E-state index in [0.717, 1.165) is 12.1 Å². The Hall–Kier alpha value is -2.59. The largest absolute Gasteiger partial charge is 0.494 e. The van der Waals surface area contributed by atoms with E-state index in [1.807, 2.05) is 6.92 Å². The Bertz CT molecular complexity index is 1030. The van der Waals surface area contributed by atoms with Crippen molar-refractivity contribution in [2.45, 2.75) is 37.4 Å². The quantitative estimate of drug-likeness (QED) is 0.565. The molecule has 1 aliphatic heterocycles. The lowest BCUT2D eigenvalue weighted by Crippen LogP contribution is -2.40. The number of carbonyl (C=O) groups is 1. The van der Waals surface area contributed by atoms with E-state index in [-0.39, 0.29) is 43.0 Å². The Balaban J connectivity index is 1.54. The van der Waals surface area contributed by atoms with Gasteiger partial charge < -0.3 is 9.47 Å². The molecule has 1 heterocycles. The third-order valence-corrected chi connectivity index (χ3v) is 7.11. The van der Waals surface area contributed by atoms with E-state index >= 15 is 0 Å². The second kappa shape index (κ2) is 9.91. The number of ether oxygens (including phenoxy) is 2. The van der Waals surface area contributed by atoms with Crippen LogP contribution in [0, 0.1) is 5.92 Å². The fourth-order valence-corrected chi connectivity index (χ4v) is 4.93. The van der Waals surface area contributed by atoms with Gasteiger partial charge in [0.05, 0.1) is 23.0 Å². The maximum Gasteiger partial charge on any atom is 0.416 e. The molecule has 0 amide bonds. The Labute approximate surface area is 185 Å². The summed E-state index contributed by atoms with van der Waals surface area (Å²) in [4.78, 5) is 12.5. The molecular weight excluding hydrogens is 447 g/mol. The van der Waals surface area contributed by atoms with Crippen molar-refractivity contribution in [3.05, 3.63) is 59.7 Å². The molecule has 174 valence electrons. The molecule has 6 nitrogen and oxygen atoms in total. The van der Waals surface area contributed by atoms with Gasteiger partial charge in [0.15, 0.2) is 0 Å². The number of alkyl halides is 3. The van der Waals surface area contributed by atoms with Crippen LogP contribution in [-0.2, 0) is 32.3 Å². The zero-order valence-corrected chi connectivity index (χ0v) is 18.3. The second-order valence-electron chi connectivity index (χ2n) is 7.39. The number of sulfonamides is 1. The monoisotopic (exact) mass is 471 g/mol. The first kappa shape index (κ1) is 24.1. The van der Waals surface area contributed by atoms with Crippen molar-refractivity contribution in [1.29, 1.82) is 0 Å². The van der Waals surface area contributed by atoms with E-state index in [1.54, 1.807) is 12.1 Å². The minimum atomic E-state index is -4.47. The van der Waals surface area contributed by atoms with Crippen LogP contribution in [0.1, 0.15) is 30.9 Å². The molecule has 0 atom stereocenters. The van der Waals surface area contributed by atoms with Crippen LogP contribution >= 0.6 is 0 Å². The first-order valence-electron chi connectivity index (χ1n) is 10.2. The van der Waals surface area contributed by atoms with Crippen LogP contribution in [0.2, 0.25) is 0 Å². The van der Waals surface area contributed by atoms with E-state index in [4.69, 9.17) is 9.47 Å². The molecule has 0 spiro atoms. The molecule has 0 N–H and O–H groups in total. The smallest absolute Gasteiger partial charge is 0.416 e. The molecule has 0 aromatic heterocycles.